The van der Waals surface area contributed by atoms with E-state index in [0.29, 0.717) is 25.9 Å². The van der Waals surface area contributed by atoms with Gasteiger partial charge < -0.3 is 19.7 Å². The quantitative estimate of drug-likeness (QED) is 0.706. The maximum absolute atomic E-state index is 12.5. The third kappa shape index (κ3) is 4.92. The average molecular weight is 421 g/mol. The van der Waals surface area contributed by atoms with E-state index in [-0.39, 0.29) is 36.0 Å². The van der Waals surface area contributed by atoms with E-state index in [1.54, 1.807) is 4.90 Å². The third-order valence-corrected chi connectivity index (χ3v) is 7.27. The lowest BCUT2D eigenvalue weighted by Gasteiger charge is -2.56. The maximum Gasteiger partial charge on any atom is 0.410 e. The van der Waals surface area contributed by atoms with Gasteiger partial charge >= 0.3 is 12.1 Å². The minimum atomic E-state index is -0.531. The van der Waals surface area contributed by atoms with E-state index in [1.807, 2.05) is 20.8 Å². The van der Waals surface area contributed by atoms with Crippen molar-refractivity contribution in [3.63, 3.8) is 0 Å². The number of piperidine rings is 1. The lowest BCUT2D eigenvalue weighted by atomic mass is 9.53. The Kier molecular flexibility index (Phi) is 5.75. The second kappa shape index (κ2) is 8.04. The molecule has 0 radical (unpaired) electrons. The Morgan fingerprint density at radius 3 is 2.00 bits per heavy atom. The highest BCUT2D eigenvalue weighted by atomic mass is 16.6. The molecule has 1 N–H and O–H groups in total. The Hall–Kier alpha value is -1.79. The molecule has 1 heterocycles. The molecule has 0 spiro atoms. The van der Waals surface area contributed by atoms with E-state index in [9.17, 15) is 14.4 Å². The van der Waals surface area contributed by atoms with Gasteiger partial charge in [0.2, 0.25) is 0 Å². The lowest BCUT2D eigenvalue weighted by Crippen LogP contribution is -2.60. The van der Waals surface area contributed by atoms with Gasteiger partial charge in [-0.25, -0.2) is 4.79 Å². The van der Waals surface area contributed by atoms with Gasteiger partial charge in [0.15, 0.2) is 6.61 Å². The molecular weight excluding hydrogens is 384 g/mol. The van der Waals surface area contributed by atoms with Crippen molar-refractivity contribution < 1.29 is 23.9 Å². The normalized spacial score (nSPS) is 33.3. The van der Waals surface area contributed by atoms with E-state index in [2.05, 4.69) is 5.32 Å². The van der Waals surface area contributed by atoms with Gasteiger partial charge in [-0.3, -0.25) is 9.59 Å². The van der Waals surface area contributed by atoms with Crippen LogP contribution in [0.4, 0.5) is 4.79 Å². The zero-order valence-corrected chi connectivity index (χ0v) is 18.6. The van der Waals surface area contributed by atoms with Crippen LogP contribution in [0.5, 0.6) is 0 Å². The number of carbonyl (C=O) groups excluding carboxylic acids is 3. The van der Waals surface area contributed by atoms with Crippen LogP contribution in [-0.4, -0.2) is 53.7 Å². The minimum absolute atomic E-state index is 0.0585. The fourth-order valence-electron chi connectivity index (χ4n) is 6.47. The summed E-state index contributed by atoms with van der Waals surface area (Å²) in [5.41, 5.74) is -0.589. The molecule has 4 aliphatic carbocycles. The highest BCUT2D eigenvalue weighted by Gasteiger charge is 2.51. The van der Waals surface area contributed by atoms with Gasteiger partial charge in [-0.2, -0.15) is 0 Å². The van der Waals surface area contributed by atoms with Gasteiger partial charge in [0.05, 0.1) is 5.92 Å². The fraction of sp³-hybridized carbons (Fsp3) is 0.870. The van der Waals surface area contributed by atoms with E-state index >= 15 is 0 Å². The number of likely N-dealkylation sites (tertiary alicyclic amines) is 1. The van der Waals surface area contributed by atoms with Crippen LogP contribution in [0.3, 0.4) is 0 Å². The predicted octanol–water partition coefficient (Wildman–Crippen LogP) is 3.26. The predicted molar refractivity (Wildman–Crippen MR) is 111 cm³/mol. The first-order valence-corrected chi connectivity index (χ1v) is 11.6. The summed E-state index contributed by atoms with van der Waals surface area (Å²) in [5.74, 6) is 1.50. The summed E-state index contributed by atoms with van der Waals surface area (Å²) in [6, 6.07) is 0. The molecule has 30 heavy (non-hydrogen) atoms. The first-order chi connectivity index (χ1) is 14.1. The van der Waals surface area contributed by atoms with Gasteiger partial charge in [0, 0.05) is 18.6 Å². The number of amides is 2. The van der Waals surface area contributed by atoms with E-state index in [0.717, 1.165) is 37.0 Å². The summed E-state index contributed by atoms with van der Waals surface area (Å²) in [7, 11) is 0. The smallest absolute Gasteiger partial charge is 0.410 e. The van der Waals surface area contributed by atoms with Crippen molar-refractivity contribution in [1.29, 1.82) is 0 Å². The Morgan fingerprint density at radius 2 is 1.50 bits per heavy atom. The Labute approximate surface area is 179 Å². The molecule has 0 aromatic heterocycles. The highest BCUT2D eigenvalue weighted by molar-refractivity contribution is 5.82. The molecule has 4 saturated carbocycles. The molecular formula is C23H36N2O5. The standard InChI is InChI=1S/C23H36N2O5/c1-22(2,3)30-21(28)25-6-4-18(5-7-25)20(27)29-14-19(26)24-23-11-15-8-16(12-23)10-17(9-15)13-23/h15-18H,4-14H2,1-3H3,(H,24,26). The van der Waals surface area contributed by atoms with Crippen LogP contribution in [0.15, 0.2) is 0 Å². The number of hydrogen-bond acceptors (Lipinski definition) is 5. The molecule has 7 nitrogen and oxygen atoms in total. The second-order valence-electron chi connectivity index (χ2n) is 11.1. The SMILES string of the molecule is CC(C)(C)OC(=O)N1CCC(C(=O)OCC(=O)NC23CC4CC(CC(C4)C2)C3)CC1. The lowest BCUT2D eigenvalue weighted by molar-refractivity contribution is -0.155. The van der Waals surface area contributed by atoms with Crippen molar-refractivity contribution >= 4 is 18.0 Å². The summed E-state index contributed by atoms with van der Waals surface area (Å²) >= 11 is 0. The largest absolute Gasteiger partial charge is 0.455 e. The molecule has 4 bridgehead atoms. The summed E-state index contributed by atoms with van der Waals surface area (Å²) < 4.78 is 10.7. The number of carbonyl (C=O) groups is 3. The number of hydrogen-bond donors (Lipinski definition) is 1. The first kappa shape index (κ1) is 21.4. The molecule has 0 aromatic rings. The molecule has 5 aliphatic rings. The van der Waals surface area contributed by atoms with Crippen molar-refractivity contribution in [2.45, 2.75) is 83.3 Å². The van der Waals surface area contributed by atoms with Gasteiger partial charge in [0.25, 0.3) is 5.91 Å². The Morgan fingerprint density at radius 1 is 0.967 bits per heavy atom. The van der Waals surface area contributed by atoms with Gasteiger partial charge in [0.1, 0.15) is 5.60 Å². The molecule has 2 amide bonds. The zero-order valence-electron chi connectivity index (χ0n) is 18.6. The van der Waals surface area contributed by atoms with Crippen LogP contribution in [-0.2, 0) is 19.1 Å². The molecule has 0 atom stereocenters. The highest BCUT2D eigenvalue weighted by Crippen LogP contribution is 2.55. The maximum atomic E-state index is 12.5. The molecule has 0 aromatic carbocycles. The van der Waals surface area contributed by atoms with Crippen molar-refractivity contribution in [3.05, 3.63) is 0 Å². The zero-order chi connectivity index (χ0) is 21.5. The summed E-state index contributed by atoms with van der Waals surface area (Å²) in [6.07, 6.45) is 7.96. The van der Waals surface area contributed by atoms with Crippen LogP contribution in [0, 0.1) is 23.7 Å². The Balaban J connectivity index is 1.19. The monoisotopic (exact) mass is 420 g/mol. The first-order valence-electron chi connectivity index (χ1n) is 11.6. The van der Waals surface area contributed by atoms with Crippen LogP contribution in [0.2, 0.25) is 0 Å². The van der Waals surface area contributed by atoms with Gasteiger partial charge in [-0.15, -0.1) is 0 Å². The summed E-state index contributed by atoms with van der Waals surface area (Å²) in [4.78, 5) is 38.7. The number of esters is 1. The molecule has 168 valence electrons. The van der Waals surface area contributed by atoms with Crippen molar-refractivity contribution in [1.82, 2.24) is 10.2 Å². The van der Waals surface area contributed by atoms with E-state index in [4.69, 9.17) is 9.47 Å². The third-order valence-electron chi connectivity index (χ3n) is 7.27. The molecule has 0 unspecified atom stereocenters. The number of nitrogens with one attached hydrogen (secondary N) is 1. The molecule has 1 aliphatic heterocycles. The second-order valence-corrected chi connectivity index (χ2v) is 11.1. The van der Waals surface area contributed by atoms with Gasteiger partial charge in [-0.1, -0.05) is 0 Å². The number of rotatable bonds is 4. The molecule has 5 fully saturated rings. The Bertz CT molecular complexity index is 655. The molecule has 5 rings (SSSR count). The van der Waals surface area contributed by atoms with Crippen molar-refractivity contribution in [2.75, 3.05) is 19.7 Å². The van der Waals surface area contributed by atoms with Crippen LogP contribution in [0.25, 0.3) is 0 Å². The van der Waals surface area contributed by atoms with Crippen molar-refractivity contribution in [2.24, 2.45) is 23.7 Å². The minimum Gasteiger partial charge on any atom is -0.455 e. The van der Waals surface area contributed by atoms with E-state index in [1.165, 1.54) is 19.3 Å². The molecule has 7 heteroatoms. The van der Waals surface area contributed by atoms with Crippen LogP contribution >= 0.6 is 0 Å². The van der Waals surface area contributed by atoms with Crippen molar-refractivity contribution in [3.8, 4) is 0 Å². The van der Waals surface area contributed by atoms with E-state index < -0.39 is 5.60 Å². The molecule has 1 saturated heterocycles. The fourth-order valence-corrected chi connectivity index (χ4v) is 6.47. The topological polar surface area (TPSA) is 84.9 Å². The van der Waals surface area contributed by atoms with Crippen LogP contribution < -0.4 is 5.32 Å². The number of nitrogens with zero attached hydrogens (tertiary/aromatic N) is 1. The van der Waals surface area contributed by atoms with Gasteiger partial charge in [-0.05, 0) is 89.9 Å². The summed E-state index contributed by atoms with van der Waals surface area (Å²) in [6.45, 7) is 6.24. The van der Waals surface area contributed by atoms with Crippen LogP contribution in [0.1, 0.15) is 72.1 Å². The average Bonchev–Trinajstić information content (AvgIpc) is 2.63. The number of ether oxygens (including phenoxy) is 2. The summed E-state index contributed by atoms with van der Waals surface area (Å²) in [5, 5.41) is 3.24.